The Morgan fingerprint density at radius 1 is 1.32 bits per heavy atom. The van der Waals surface area contributed by atoms with Crippen LogP contribution in [0.15, 0.2) is 10.5 Å². The lowest BCUT2D eigenvalue weighted by Crippen LogP contribution is -2.13. The van der Waals surface area contributed by atoms with E-state index in [1.54, 1.807) is 0 Å². The van der Waals surface area contributed by atoms with E-state index < -0.39 is 0 Å². The zero-order valence-electron chi connectivity index (χ0n) is 11.9. The minimum absolute atomic E-state index is 0.416. The number of benzene rings is 1. The van der Waals surface area contributed by atoms with Gasteiger partial charge in [-0.3, -0.25) is 0 Å². The summed E-state index contributed by atoms with van der Waals surface area (Å²) in [4.78, 5) is 0. The van der Waals surface area contributed by atoms with Gasteiger partial charge in [0.15, 0.2) is 11.5 Å². The summed E-state index contributed by atoms with van der Waals surface area (Å²) in [7, 11) is 1.98. The Hall–Kier alpha value is -0.740. The number of halogens is 1. The summed E-state index contributed by atoms with van der Waals surface area (Å²) in [6.45, 7) is 6.84. The second kappa shape index (κ2) is 6.62. The lowest BCUT2D eigenvalue weighted by atomic mass is 9.93. The number of rotatable bonds is 4. The molecule has 2 rings (SSSR count). The lowest BCUT2D eigenvalue weighted by molar-refractivity contribution is 0.295. The largest absolute Gasteiger partial charge is 0.490 e. The van der Waals surface area contributed by atoms with Crippen LogP contribution in [0, 0.1) is 0 Å². The first-order chi connectivity index (χ1) is 9.15. The van der Waals surface area contributed by atoms with Crippen molar-refractivity contribution >= 4 is 15.9 Å². The highest BCUT2D eigenvalue weighted by atomic mass is 79.9. The highest BCUT2D eigenvalue weighted by molar-refractivity contribution is 9.10. The summed E-state index contributed by atoms with van der Waals surface area (Å²) in [5.74, 6) is 2.24. The van der Waals surface area contributed by atoms with E-state index in [9.17, 15) is 0 Å². The van der Waals surface area contributed by atoms with Crippen molar-refractivity contribution in [3.63, 3.8) is 0 Å². The molecule has 1 aliphatic rings. The van der Waals surface area contributed by atoms with Gasteiger partial charge < -0.3 is 14.8 Å². The predicted octanol–water partition coefficient (Wildman–Crippen LogP) is 3.50. The molecule has 0 bridgehead atoms. The van der Waals surface area contributed by atoms with E-state index in [0.717, 1.165) is 48.6 Å². The van der Waals surface area contributed by atoms with Crippen molar-refractivity contribution in [3.8, 4) is 11.5 Å². The molecule has 0 radical (unpaired) electrons. The van der Waals surface area contributed by atoms with Gasteiger partial charge in [0.25, 0.3) is 0 Å². The monoisotopic (exact) mass is 327 g/mol. The number of likely N-dealkylation sites (N-methyl/N-ethyl adjacent to an activating group) is 1. The highest BCUT2D eigenvalue weighted by Crippen LogP contribution is 2.43. The van der Waals surface area contributed by atoms with Crippen molar-refractivity contribution in [3.05, 3.63) is 21.7 Å². The summed E-state index contributed by atoms with van der Waals surface area (Å²) >= 11 is 3.69. The molecule has 0 aromatic heterocycles. The molecule has 1 aromatic rings. The minimum Gasteiger partial charge on any atom is -0.490 e. The van der Waals surface area contributed by atoms with E-state index in [1.165, 1.54) is 11.1 Å². The van der Waals surface area contributed by atoms with Crippen LogP contribution in [-0.2, 0) is 6.42 Å². The number of nitrogens with one attached hydrogen (secondary N) is 1. The van der Waals surface area contributed by atoms with Gasteiger partial charge >= 0.3 is 0 Å². The quantitative estimate of drug-likeness (QED) is 0.918. The molecule has 0 spiro atoms. The van der Waals surface area contributed by atoms with Gasteiger partial charge in [-0.15, -0.1) is 0 Å². The van der Waals surface area contributed by atoms with Crippen molar-refractivity contribution < 1.29 is 9.47 Å². The van der Waals surface area contributed by atoms with Crippen LogP contribution in [0.1, 0.15) is 37.3 Å². The third-order valence-corrected chi connectivity index (χ3v) is 4.04. The molecule has 0 fully saturated rings. The molecule has 1 heterocycles. The average Bonchev–Trinajstić information content (AvgIpc) is 2.60. The lowest BCUT2D eigenvalue weighted by Gasteiger charge is -2.21. The van der Waals surface area contributed by atoms with E-state index in [0.29, 0.717) is 5.92 Å². The molecule has 1 N–H and O–H groups in total. The Kier molecular flexibility index (Phi) is 5.11. The van der Waals surface area contributed by atoms with Crippen LogP contribution in [0.25, 0.3) is 0 Å². The van der Waals surface area contributed by atoms with Crippen LogP contribution in [0.2, 0.25) is 0 Å². The van der Waals surface area contributed by atoms with Gasteiger partial charge in [-0.1, -0.05) is 29.8 Å². The third-order valence-electron chi connectivity index (χ3n) is 3.33. The minimum atomic E-state index is 0.416. The first-order valence-electron chi connectivity index (χ1n) is 6.90. The standard InChI is InChI=1S/C15H22BrNO2/c1-10(2)14-11(5-6-17-3)12(16)9-13-15(14)19-8-4-7-18-13/h9-10,17H,4-8H2,1-3H3. The Morgan fingerprint density at radius 2 is 2.05 bits per heavy atom. The maximum absolute atomic E-state index is 5.95. The van der Waals surface area contributed by atoms with E-state index in [-0.39, 0.29) is 0 Å². The van der Waals surface area contributed by atoms with Gasteiger partial charge in [0, 0.05) is 16.5 Å². The van der Waals surface area contributed by atoms with Gasteiger partial charge in [-0.05, 0) is 37.6 Å². The fourth-order valence-electron chi connectivity index (χ4n) is 2.45. The Balaban J connectivity index is 2.50. The molecule has 1 aromatic carbocycles. The van der Waals surface area contributed by atoms with Gasteiger partial charge in [0.1, 0.15) is 0 Å². The first kappa shape index (κ1) is 14.7. The third kappa shape index (κ3) is 3.23. The van der Waals surface area contributed by atoms with E-state index >= 15 is 0 Å². The Bertz CT molecular complexity index is 446. The maximum Gasteiger partial charge on any atom is 0.164 e. The second-order valence-corrected chi connectivity index (χ2v) is 5.99. The predicted molar refractivity (Wildman–Crippen MR) is 81.5 cm³/mol. The van der Waals surface area contributed by atoms with Crippen LogP contribution in [0.3, 0.4) is 0 Å². The van der Waals surface area contributed by atoms with Crippen LogP contribution >= 0.6 is 15.9 Å². The molecule has 3 nitrogen and oxygen atoms in total. The summed E-state index contributed by atoms with van der Waals surface area (Å²) in [6.07, 6.45) is 1.93. The summed E-state index contributed by atoms with van der Waals surface area (Å²) < 4.78 is 12.9. The Labute approximate surface area is 123 Å². The number of fused-ring (bicyclic) bond motifs is 1. The van der Waals surface area contributed by atoms with Gasteiger partial charge in [-0.2, -0.15) is 0 Å². The average molecular weight is 328 g/mol. The van der Waals surface area contributed by atoms with Crippen molar-refractivity contribution in [2.24, 2.45) is 0 Å². The van der Waals surface area contributed by atoms with Crippen LogP contribution in [0.5, 0.6) is 11.5 Å². The fourth-order valence-corrected chi connectivity index (χ4v) is 3.07. The zero-order valence-corrected chi connectivity index (χ0v) is 13.5. The normalized spacial score (nSPS) is 14.6. The fraction of sp³-hybridized carbons (Fsp3) is 0.600. The summed E-state index contributed by atoms with van der Waals surface area (Å²) in [6, 6.07) is 2.05. The molecular weight excluding hydrogens is 306 g/mol. The first-order valence-corrected chi connectivity index (χ1v) is 7.70. The molecule has 106 valence electrons. The Morgan fingerprint density at radius 3 is 2.74 bits per heavy atom. The maximum atomic E-state index is 5.95. The number of hydrogen-bond acceptors (Lipinski definition) is 3. The van der Waals surface area contributed by atoms with Crippen LogP contribution in [0.4, 0.5) is 0 Å². The van der Waals surface area contributed by atoms with Crippen molar-refractivity contribution in [2.45, 2.75) is 32.6 Å². The number of ether oxygens (including phenoxy) is 2. The summed E-state index contributed by atoms with van der Waals surface area (Å²) in [5.41, 5.74) is 2.61. The SMILES string of the molecule is CNCCc1c(Br)cc2c(c1C(C)C)OCCCO2. The zero-order chi connectivity index (χ0) is 13.8. The molecular formula is C15H22BrNO2. The van der Waals surface area contributed by atoms with E-state index in [2.05, 4.69) is 41.2 Å². The molecule has 0 saturated heterocycles. The number of hydrogen-bond donors (Lipinski definition) is 1. The molecule has 19 heavy (non-hydrogen) atoms. The second-order valence-electron chi connectivity index (χ2n) is 5.14. The molecule has 1 aliphatic heterocycles. The van der Waals surface area contributed by atoms with Gasteiger partial charge in [-0.25, -0.2) is 0 Å². The van der Waals surface area contributed by atoms with Gasteiger partial charge in [0.2, 0.25) is 0 Å². The molecule has 0 saturated carbocycles. The highest BCUT2D eigenvalue weighted by Gasteiger charge is 2.22. The smallest absolute Gasteiger partial charge is 0.164 e. The van der Waals surface area contributed by atoms with Crippen molar-refractivity contribution in [1.29, 1.82) is 0 Å². The summed E-state index contributed by atoms with van der Waals surface area (Å²) in [5, 5.41) is 3.21. The molecule has 0 aliphatic carbocycles. The van der Waals surface area contributed by atoms with Crippen molar-refractivity contribution in [1.82, 2.24) is 5.32 Å². The molecule has 0 atom stereocenters. The molecule has 0 amide bonds. The van der Waals surface area contributed by atoms with Crippen LogP contribution < -0.4 is 14.8 Å². The van der Waals surface area contributed by atoms with E-state index in [4.69, 9.17) is 9.47 Å². The molecule has 4 heteroatoms. The van der Waals surface area contributed by atoms with Crippen molar-refractivity contribution in [2.75, 3.05) is 26.8 Å². The van der Waals surface area contributed by atoms with Gasteiger partial charge in [0.05, 0.1) is 13.2 Å². The van der Waals surface area contributed by atoms with E-state index in [1.807, 2.05) is 7.05 Å². The van der Waals surface area contributed by atoms with Crippen LogP contribution in [-0.4, -0.2) is 26.8 Å². The topological polar surface area (TPSA) is 30.5 Å². The molecule has 0 unspecified atom stereocenters.